The summed E-state index contributed by atoms with van der Waals surface area (Å²) in [4.78, 5) is 22.0. The van der Waals surface area contributed by atoms with E-state index in [2.05, 4.69) is 52.5 Å². The molecule has 3 aliphatic heterocycles. The van der Waals surface area contributed by atoms with Crippen LogP contribution in [0.4, 0.5) is 10.6 Å². The third-order valence-corrected chi connectivity index (χ3v) is 10.6. The molecule has 2 bridgehead atoms. The van der Waals surface area contributed by atoms with Gasteiger partial charge in [-0.15, -0.1) is 0 Å². The number of nitrogens with zero attached hydrogens (tertiary/aromatic N) is 4. The monoisotopic (exact) mass is 534 g/mol. The molecule has 9 heteroatoms. The average molecular weight is 535 g/mol. The van der Waals surface area contributed by atoms with Crippen LogP contribution >= 0.6 is 0 Å². The summed E-state index contributed by atoms with van der Waals surface area (Å²) < 4.78 is 18.7. The van der Waals surface area contributed by atoms with Crippen molar-refractivity contribution in [3.05, 3.63) is 16.8 Å². The van der Waals surface area contributed by atoms with Gasteiger partial charge < -0.3 is 23.8 Å². The lowest BCUT2D eigenvalue weighted by molar-refractivity contribution is -0.0266. The summed E-state index contributed by atoms with van der Waals surface area (Å²) in [6.07, 6.45) is 2.77. The number of rotatable bonds is 2. The Morgan fingerprint density at radius 2 is 1.74 bits per heavy atom. The van der Waals surface area contributed by atoms with E-state index in [1.165, 1.54) is 5.56 Å². The van der Waals surface area contributed by atoms with Crippen molar-refractivity contribution in [1.29, 1.82) is 5.26 Å². The molecule has 4 fully saturated rings. The molecule has 0 N–H and O–H groups in total. The average Bonchev–Trinajstić information content (AvgIpc) is 3.33. The standard InChI is InChI=1S/C30H43BN4O4/c1-26(2,3)37-25(36)35-16-30(17-35)10-11-34(15-30)24-20(14-32)22(31-38-28(6,7)29(8,9)39-31)19-12-18-13-21(23(19)33-24)27(18,4)5/h18,21H,10-13,15-17H2,1-9H3/t18-,21-/m0/s1. The number of likely N-dealkylation sites (tertiary alicyclic amines) is 1. The van der Waals surface area contributed by atoms with Crippen molar-refractivity contribution in [3.8, 4) is 6.07 Å². The van der Waals surface area contributed by atoms with E-state index in [4.69, 9.17) is 19.0 Å². The van der Waals surface area contributed by atoms with E-state index in [1.807, 2.05) is 20.8 Å². The first-order chi connectivity index (χ1) is 18.0. The van der Waals surface area contributed by atoms with Crippen LogP contribution in [-0.2, 0) is 20.5 Å². The highest BCUT2D eigenvalue weighted by Crippen LogP contribution is 2.62. The van der Waals surface area contributed by atoms with Crippen LogP contribution in [0.15, 0.2) is 0 Å². The molecule has 0 aromatic carbocycles. The van der Waals surface area contributed by atoms with Gasteiger partial charge in [-0.3, -0.25) is 0 Å². The molecule has 2 atom stereocenters. The number of ether oxygens (including phenoxy) is 1. The molecule has 7 rings (SSSR count). The van der Waals surface area contributed by atoms with Crippen LogP contribution in [-0.4, -0.2) is 66.1 Å². The van der Waals surface area contributed by atoms with Gasteiger partial charge >= 0.3 is 13.2 Å². The minimum absolute atomic E-state index is 0.00650. The maximum absolute atomic E-state index is 12.6. The Bertz CT molecular complexity index is 1250. The number of carbonyl (C=O) groups is 1. The van der Waals surface area contributed by atoms with Gasteiger partial charge in [0.05, 0.1) is 16.8 Å². The Morgan fingerprint density at radius 3 is 2.31 bits per heavy atom. The topological polar surface area (TPSA) is 87.9 Å². The summed E-state index contributed by atoms with van der Waals surface area (Å²) in [5.41, 5.74) is 2.50. The Labute approximate surface area is 233 Å². The SMILES string of the molecule is CC(C)(C)OC(=O)N1CC2(CCN(c3nc4c(c(B5OC(C)(C)C(C)(C)O5)c3C#N)C[C@H]3C[C@@H]4C3(C)C)C2)C1. The third-order valence-electron chi connectivity index (χ3n) is 10.6. The fraction of sp³-hybridized carbons (Fsp3) is 0.767. The molecule has 1 amide bonds. The van der Waals surface area contributed by atoms with E-state index >= 15 is 0 Å². The Morgan fingerprint density at radius 1 is 1.10 bits per heavy atom. The molecule has 8 nitrogen and oxygen atoms in total. The number of pyridine rings is 1. The van der Waals surface area contributed by atoms with E-state index < -0.39 is 23.9 Å². The number of aromatic nitrogens is 1. The minimum Gasteiger partial charge on any atom is -0.444 e. The van der Waals surface area contributed by atoms with Crippen molar-refractivity contribution in [2.45, 2.75) is 104 Å². The molecule has 6 aliphatic rings. The van der Waals surface area contributed by atoms with E-state index in [-0.39, 0.29) is 16.9 Å². The maximum atomic E-state index is 12.6. The lowest BCUT2D eigenvalue weighted by Gasteiger charge is -2.57. The van der Waals surface area contributed by atoms with Gasteiger partial charge in [0.1, 0.15) is 17.5 Å². The zero-order valence-electron chi connectivity index (χ0n) is 25.1. The Hall–Kier alpha value is -2.31. The predicted molar refractivity (Wildman–Crippen MR) is 150 cm³/mol. The highest BCUT2D eigenvalue weighted by Gasteiger charge is 2.59. The van der Waals surface area contributed by atoms with E-state index in [1.54, 1.807) is 4.90 Å². The van der Waals surface area contributed by atoms with Crippen molar-refractivity contribution in [2.24, 2.45) is 16.7 Å². The number of nitriles is 1. The predicted octanol–water partition coefficient (Wildman–Crippen LogP) is 4.39. The van der Waals surface area contributed by atoms with Crippen LogP contribution in [0.2, 0.25) is 0 Å². The van der Waals surface area contributed by atoms with Crippen LogP contribution in [0.3, 0.4) is 0 Å². The lowest BCUT2D eigenvalue weighted by Crippen LogP contribution is -2.60. The van der Waals surface area contributed by atoms with Gasteiger partial charge in [-0.25, -0.2) is 9.78 Å². The van der Waals surface area contributed by atoms with Crippen molar-refractivity contribution >= 4 is 24.5 Å². The minimum atomic E-state index is -0.594. The molecule has 39 heavy (non-hydrogen) atoms. The Kier molecular flexibility index (Phi) is 5.61. The summed E-state index contributed by atoms with van der Waals surface area (Å²) in [7, 11) is -0.594. The molecule has 0 unspecified atom stereocenters. The van der Waals surface area contributed by atoms with Crippen molar-refractivity contribution in [3.63, 3.8) is 0 Å². The maximum Gasteiger partial charge on any atom is 0.496 e. The molecule has 210 valence electrons. The normalized spacial score (nSPS) is 29.0. The molecular formula is C30H43BN4O4. The van der Waals surface area contributed by atoms with Gasteiger partial charge in [0, 0.05) is 48.7 Å². The lowest BCUT2D eigenvalue weighted by atomic mass is 9.47. The second-order valence-electron chi connectivity index (χ2n) is 15.3. The molecule has 1 aromatic rings. The van der Waals surface area contributed by atoms with Crippen LogP contribution in [0.25, 0.3) is 0 Å². The molecular weight excluding hydrogens is 491 g/mol. The van der Waals surface area contributed by atoms with Crippen molar-refractivity contribution < 1.29 is 18.8 Å². The second-order valence-corrected chi connectivity index (χ2v) is 15.3. The summed E-state index contributed by atoms with van der Waals surface area (Å²) in [6, 6.07) is 2.54. The summed E-state index contributed by atoms with van der Waals surface area (Å²) in [5.74, 6) is 1.72. The van der Waals surface area contributed by atoms with Gasteiger partial charge in [-0.2, -0.15) is 5.26 Å². The van der Waals surface area contributed by atoms with Crippen molar-refractivity contribution in [1.82, 2.24) is 9.88 Å². The first-order valence-corrected chi connectivity index (χ1v) is 14.5. The number of amides is 1. The molecule has 0 radical (unpaired) electrons. The molecule has 3 aliphatic carbocycles. The zero-order chi connectivity index (χ0) is 28.3. The van der Waals surface area contributed by atoms with Crippen LogP contribution < -0.4 is 10.4 Å². The van der Waals surface area contributed by atoms with E-state index in [9.17, 15) is 10.1 Å². The second kappa shape index (κ2) is 8.13. The van der Waals surface area contributed by atoms with Crippen molar-refractivity contribution in [2.75, 3.05) is 31.1 Å². The molecule has 1 spiro atoms. The quantitative estimate of drug-likeness (QED) is 0.521. The fourth-order valence-corrected chi connectivity index (χ4v) is 7.38. The zero-order valence-corrected chi connectivity index (χ0v) is 25.1. The van der Waals surface area contributed by atoms with Gasteiger partial charge in [0.2, 0.25) is 0 Å². The van der Waals surface area contributed by atoms with Gasteiger partial charge in [0.15, 0.2) is 0 Å². The number of anilines is 1. The summed E-state index contributed by atoms with van der Waals surface area (Å²) in [6.45, 7) is 21.6. The highest BCUT2D eigenvalue weighted by molar-refractivity contribution is 6.63. The number of hydrogen-bond acceptors (Lipinski definition) is 7. The van der Waals surface area contributed by atoms with Gasteiger partial charge in [-0.05, 0) is 84.6 Å². The van der Waals surface area contributed by atoms with E-state index in [0.29, 0.717) is 30.5 Å². The number of hydrogen-bond donors (Lipinski definition) is 0. The molecule has 4 heterocycles. The van der Waals surface area contributed by atoms with Gasteiger partial charge in [0.25, 0.3) is 0 Å². The third kappa shape index (κ3) is 4.00. The highest BCUT2D eigenvalue weighted by atomic mass is 16.7. The first-order valence-electron chi connectivity index (χ1n) is 14.5. The van der Waals surface area contributed by atoms with Crippen LogP contribution in [0.5, 0.6) is 0 Å². The summed E-state index contributed by atoms with van der Waals surface area (Å²) in [5, 5.41) is 10.6. The van der Waals surface area contributed by atoms with Crippen LogP contribution in [0.1, 0.15) is 97.9 Å². The smallest absolute Gasteiger partial charge is 0.444 e. The Balaban J connectivity index is 1.34. The number of carbonyl (C=O) groups excluding carboxylic acids is 1. The van der Waals surface area contributed by atoms with Crippen LogP contribution in [0, 0.1) is 28.1 Å². The fourth-order valence-electron chi connectivity index (χ4n) is 7.38. The van der Waals surface area contributed by atoms with Gasteiger partial charge in [-0.1, -0.05) is 13.8 Å². The molecule has 1 saturated carbocycles. The summed E-state index contributed by atoms with van der Waals surface area (Å²) >= 11 is 0. The van der Waals surface area contributed by atoms with E-state index in [0.717, 1.165) is 49.3 Å². The molecule has 3 saturated heterocycles. The largest absolute Gasteiger partial charge is 0.496 e. The molecule has 1 aromatic heterocycles. The first kappa shape index (κ1) is 26.9.